The molecule has 4 nitrogen and oxygen atoms in total. The van der Waals surface area contributed by atoms with Crippen LogP contribution in [0.5, 0.6) is 0 Å². The van der Waals surface area contributed by atoms with Gasteiger partial charge < -0.3 is 10.6 Å². The highest BCUT2D eigenvalue weighted by Gasteiger charge is 2.21. The van der Waals surface area contributed by atoms with Crippen LogP contribution in [0.3, 0.4) is 0 Å². The molecule has 0 radical (unpaired) electrons. The first-order valence-electron chi connectivity index (χ1n) is 9.86. The summed E-state index contributed by atoms with van der Waals surface area (Å²) in [4.78, 5) is 25.2. The number of rotatable bonds is 8. The van der Waals surface area contributed by atoms with Gasteiger partial charge in [0, 0.05) is 12.0 Å². The van der Waals surface area contributed by atoms with E-state index in [-0.39, 0.29) is 23.8 Å². The van der Waals surface area contributed by atoms with Crippen molar-refractivity contribution in [3.05, 3.63) is 29.8 Å². The van der Waals surface area contributed by atoms with Crippen molar-refractivity contribution in [1.29, 1.82) is 0 Å². The number of para-hydroxylation sites is 1. The molecule has 1 unspecified atom stereocenters. The van der Waals surface area contributed by atoms with Crippen molar-refractivity contribution in [1.82, 2.24) is 5.32 Å². The van der Waals surface area contributed by atoms with E-state index >= 15 is 0 Å². The van der Waals surface area contributed by atoms with E-state index in [1.165, 1.54) is 19.3 Å². The lowest BCUT2D eigenvalue weighted by molar-refractivity contribution is -0.120. The SMILES string of the molecule is CCCCC(CC)C(=O)Nc1ccccc1C(=O)NC1CCCCC1. The predicted octanol–water partition coefficient (Wildman–Crippen LogP) is 4.90. The molecule has 25 heavy (non-hydrogen) atoms. The largest absolute Gasteiger partial charge is 0.349 e. The summed E-state index contributed by atoms with van der Waals surface area (Å²) in [5.74, 6) is -0.0484. The van der Waals surface area contributed by atoms with Crippen LogP contribution in [-0.4, -0.2) is 17.9 Å². The first kappa shape index (κ1) is 19.5. The van der Waals surface area contributed by atoms with Crippen LogP contribution in [-0.2, 0) is 4.79 Å². The molecule has 4 heteroatoms. The summed E-state index contributed by atoms with van der Waals surface area (Å²) in [6.45, 7) is 4.18. The van der Waals surface area contributed by atoms with Crippen LogP contribution in [0.15, 0.2) is 24.3 Å². The van der Waals surface area contributed by atoms with E-state index in [2.05, 4.69) is 17.6 Å². The average molecular weight is 344 g/mol. The number of hydrogen-bond donors (Lipinski definition) is 2. The van der Waals surface area contributed by atoms with Crippen molar-refractivity contribution in [2.24, 2.45) is 5.92 Å². The van der Waals surface area contributed by atoms with Gasteiger partial charge in [0.2, 0.25) is 5.91 Å². The molecule has 0 heterocycles. The minimum absolute atomic E-state index is 0.00871. The molecule has 2 rings (SSSR count). The van der Waals surface area contributed by atoms with Crippen LogP contribution in [0.2, 0.25) is 0 Å². The third kappa shape index (κ3) is 5.87. The number of unbranched alkanes of at least 4 members (excludes halogenated alkanes) is 1. The van der Waals surface area contributed by atoms with E-state index in [0.29, 0.717) is 11.3 Å². The zero-order chi connectivity index (χ0) is 18.1. The molecule has 1 aromatic carbocycles. The van der Waals surface area contributed by atoms with Gasteiger partial charge in [-0.05, 0) is 37.8 Å². The fourth-order valence-corrected chi connectivity index (χ4v) is 3.51. The maximum Gasteiger partial charge on any atom is 0.253 e. The summed E-state index contributed by atoms with van der Waals surface area (Å²) < 4.78 is 0. The summed E-state index contributed by atoms with van der Waals surface area (Å²) in [6.07, 6.45) is 9.58. The molecule has 2 amide bonds. The Balaban J connectivity index is 2.03. The first-order valence-corrected chi connectivity index (χ1v) is 9.86. The third-order valence-corrected chi connectivity index (χ3v) is 5.14. The van der Waals surface area contributed by atoms with E-state index in [1.54, 1.807) is 6.07 Å². The second-order valence-electron chi connectivity index (χ2n) is 7.09. The molecule has 0 spiro atoms. The molecular weight excluding hydrogens is 312 g/mol. The summed E-state index contributed by atoms with van der Waals surface area (Å²) in [7, 11) is 0. The number of amides is 2. The second kappa shape index (κ2) is 10.2. The van der Waals surface area contributed by atoms with Gasteiger partial charge in [0.05, 0.1) is 11.3 Å². The zero-order valence-electron chi connectivity index (χ0n) is 15.6. The Morgan fingerprint density at radius 2 is 1.84 bits per heavy atom. The number of benzene rings is 1. The van der Waals surface area contributed by atoms with Crippen molar-refractivity contribution in [3.8, 4) is 0 Å². The van der Waals surface area contributed by atoms with Gasteiger partial charge in [0.25, 0.3) is 5.91 Å². The summed E-state index contributed by atoms with van der Waals surface area (Å²) in [5, 5.41) is 6.12. The fraction of sp³-hybridized carbons (Fsp3) is 0.619. The van der Waals surface area contributed by atoms with Crippen molar-refractivity contribution in [3.63, 3.8) is 0 Å². The molecule has 2 N–H and O–H groups in total. The van der Waals surface area contributed by atoms with Gasteiger partial charge in [-0.25, -0.2) is 0 Å². The molecule has 1 aromatic rings. The normalized spacial score (nSPS) is 16.2. The zero-order valence-corrected chi connectivity index (χ0v) is 15.6. The molecule has 1 fully saturated rings. The molecule has 0 saturated heterocycles. The van der Waals surface area contributed by atoms with Crippen LogP contribution >= 0.6 is 0 Å². The van der Waals surface area contributed by atoms with Gasteiger partial charge in [-0.1, -0.05) is 58.1 Å². The molecule has 138 valence electrons. The fourth-order valence-electron chi connectivity index (χ4n) is 3.51. The van der Waals surface area contributed by atoms with Crippen LogP contribution < -0.4 is 10.6 Å². The molecule has 0 aliphatic heterocycles. The Bertz CT molecular complexity index is 565. The lowest BCUT2D eigenvalue weighted by Gasteiger charge is -2.23. The smallest absolute Gasteiger partial charge is 0.253 e. The summed E-state index contributed by atoms with van der Waals surface area (Å²) in [6, 6.07) is 7.58. The second-order valence-corrected chi connectivity index (χ2v) is 7.09. The van der Waals surface area contributed by atoms with E-state index in [4.69, 9.17) is 0 Å². The van der Waals surface area contributed by atoms with Gasteiger partial charge in [-0.2, -0.15) is 0 Å². The summed E-state index contributed by atoms with van der Waals surface area (Å²) >= 11 is 0. The van der Waals surface area contributed by atoms with Gasteiger partial charge in [0.1, 0.15) is 0 Å². The Hall–Kier alpha value is -1.84. The molecule has 1 aliphatic carbocycles. The Kier molecular flexibility index (Phi) is 7.96. The lowest BCUT2D eigenvalue weighted by atomic mass is 9.95. The molecule has 1 saturated carbocycles. The van der Waals surface area contributed by atoms with Crippen LogP contribution in [0.1, 0.15) is 82.0 Å². The molecule has 1 aliphatic rings. The van der Waals surface area contributed by atoms with Crippen LogP contribution in [0.4, 0.5) is 5.69 Å². The highest BCUT2D eigenvalue weighted by molar-refractivity contribution is 6.04. The lowest BCUT2D eigenvalue weighted by Crippen LogP contribution is -2.36. The summed E-state index contributed by atoms with van der Waals surface area (Å²) in [5.41, 5.74) is 1.18. The topological polar surface area (TPSA) is 58.2 Å². The minimum atomic E-state index is -0.0793. The maximum absolute atomic E-state index is 12.7. The molecular formula is C21H32N2O2. The minimum Gasteiger partial charge on any atom is -0.349 e. The highest BCUT2D eigenvalue weighted by Crippen LogP contribution is 2.21. The van der Waals surface area contributed by atoms with Crippen molar-refractivity contribution in [2.75, 3.05) is 5.32 Å². The molecule has 0 bridgehead atoms. The number of hydrogen-bond acceptors (Lipinski definition) is 2. The van der Waals surface area contributed by atoms with Crippen LogP contribution in [0.25, 0.3) is 0 Å². The molecule has 0 aromatic heterocycles. The van der Waals surface area contributed by atoms with E-state index in [1.807, 2.05) is 25.1 Å². The Labute approximate surface area is 151 Å². The van der Waals surface area contributed by atoms with E-state index in [0.717, 1.165) is 38.5 Å². The Morgan fingerprint density at radius 3 is 2.52 bits per heavy atom. The highest BCUT2D eigenvalue weighted by atomic mass is 16.2. The Morgan fingerprint density at radius 1 is 1.12 bits per heavy atom. The van der Waals surface area contributed by atoms with Gasteiger partial charge >= 0.3 is 0 Å². The van der Waals surface area contributed by atoms with Crippen molar-refractivity contribution in [2.45, 2.75) is 77.7 Å². The predicted molar refractivity (Wildman–Crippen MR) is 103 cm³/mol. The standard InChI is InChI=1S/C21H32N2O2/c1-3-5-11-16(4-2)20(24)23-19-15-10-9-14-18(19)21(25)22-17-12-7-6-8-13-17/h9-10,14-17H,3-8,11-13H2,1-2H3,(H,22,25)(H,23,24). The monoisotopic (exact) mass is 344 g/mol. The number of carbonyl (C=O) groups excluding carboxylic acids is 2. The number of anilines is 1. The third-order valence-electron chi connectivity index (χ3n) is 5.14. The van der Waals surface area contributed by atoms with Crippen LogP contribution in [0, 0.1) is 5.92 Å². The molecule has 1 atom stereocenters. The van der Waals surface area contributed by atoms with Gasteiger partial charge in [-0.15, -0.1) is 0 Å². The number of carbonyl (C=O) groups is 2. The van der Waals surface area contributed by atoms with Gasteiger partial charge in [-0.3, -0.25) is 9.59 Å². The van der Waals surface area contributed by atoms with Crippen molar-refractivity contribution >= 4 is 17.5 Å². The quantitative estimate of drug-likeness (QED) is 0.704. The number of nitrogens with one attached hydrogen (secondary N) is 2. The van der Waals surface area contributed by atoms with Gasteiger partial charge in [0.15, 0.2) is 0 Å². The van der Waals surface area contributed by atoms with E-state index < -0.39 is 0 Å². The average Bonchev–Trinajstić information content (AvgIpc) is 2.63. The maximum atomic E-state index is 12.7. The van der Waals surface area contributed by atoms with Crippen molar-refractivity contribution < 1.29 is 9.59 Å². The first-order chi connectivity index (χ1) is 12.2. The van der Waals surface area contributed by atoms with E-state index in [9.17, 15) is 9.59 Å².